The molecule has 2 N–H and O–H groups in total. The Morgan fingerprint density at radius 1 is 1.10 bits per heavy atom. The fourth-order valence-electron chi connectivity index (χ4n) is 1.85. The van der Waals surface area contributed by atoms with E-state index in [1.165, 1.54) is 24.3 Å². The van der Waals surface area contributed by atoms with E-state index in [9.17, 15) is 18.0 Å². The number of benzene rings is 2. The molecule has 0 aromatic heterocycles. The van der Waals surface area contributed by atoms with Crippen LogP contribution in [0.1, 0.15) is 21.5 Å². The Labute approximate surface area is 124 Å². The van der Waals surface area contributed by atoms with E-state index in [1.54, 1.807) is 6.07 Å². The number of nitrogens with two attached hydrogens (primary N) is 1. The molecular formula is C15H11ClF3NO. The third-order valence-electron chi connectivity index (χ3n) is 2.94. The number of carbonyl (C=O) groups is 1. The van der Waals surface area contributed by atoms with Crippen molar-refractivity contribution in [1.29, 1.82) is 0 Å². The Hall–Kier alpha value is -2.01. The third-order valence-corrected chi connectivity index (χ3v) is 3.27. The van der Waals surface area contributed by atoms with E-state index in [0.29, 0.717) is 11.3 Å². The van der Waals surface area contributed by atoms with Gasteiger partial charge in [0, 0.05) is 17.7 Å². The zero-order chi connectivity index (χ0) is 15.6. The Morgan fingerprint density at radius 2 is 1.71 bits per heavy atom. The summed E-state index contributed by atoms with van der Waals surface area (Å²) < 4.78 is 37.3. The number of nitrogen functional groups attached to an aromatic ring is 1. The van der Waals surface area contributed by atoms with Crippen LogP contribution in [0, 0.1) is 0 Å². The van der Waals surface area contributed by atoms with Crippen LogP contribution in [0.4, 0.5) is 18.9 Å². The van der Waals surface area contributed by atoms with E-state index in [4.69, 9.17) is 17.3 Å². The number of hydrogen-bond acceptors (Lipinski definition) is 2. The normalized spacial score (nSPS) is 11.4. The SMILES string of the molecule is Nc1ccc(Cl)c(C(=O)Cc2ccc(C(F)(F)F)cc2)c1. The minimum Gasteiger partial charge on any atom is -0.399 e. The Kier molecular flexibility index (Phi) is 4.23. The molecule has 0 bridgehead atoms. The maximum Gasteiger partial charge on any atom is 0.416 e. The summed E-state index contributed by atoms with van der Waals surface area (Å²) in [5, 5.41) is 0.265. The summed E-state index contributed by atoms with van der Waals surface area (Å²) in [5.74, 6) is -0.299. The molecule has 0 fully saturated rings. The fraction of sp³-hybridized carbons (Fsp3) is 0.133. The monoisotopic (exact) mass is 313 g/mol. The topological polar surface area (TPSA) is 43.1 Å². The second-order valence-corrected chi connectivity index (χ2v) is 4.94. The molecule has 0 saturated heterocycles. The van der Waals surface area contributed by atoms with Crippen LogP contribution in [-0.4, -0.2) is 5.78 Å². The third kappa shape index (κ3) is 3.76. The molecule has 0 aliphatic carbocycles. The molecule has 2 aromatic carbocycles. The van der Waals surface area contributed by atoms with E-state index in [-0.39, 0.29) is 22.8 Å². The summed E-state index contributed by atoms with van der Waals surface area (Å²) in [6.07, 6.45) is -4.43. The first-order valence-corrected chi connectivity index (χ1v) is 6.39. The van der Waals surface area contributed by atoms with Gasteiger partial charge < -0.3 is 5.73 Å². The molecule has 0 saturated carbocycles. The largest absolute Gasteiger partial charge is 0.416 e. The van der Waals surface area contributed by atoms with Crippen molar-refractivity contribution in [2.45, 2.75) is 12.6 Å². The number of ketones is 1. The number of anilines is 1. The second-order valence-electron chi connectivity index (χ2n) is 4.53. The minimum atomic E-state index is -4.39. The number of carbonyl (C=O) groups excluding carboxylic acids is 1. The van der Waals surface area contributed by atoms with Crippen molar-refractivity contribution in [2.24, 2.45) is 0 Å². The molecule has 0 unspecified atom stereocenters. The highest BCUT2D eigenvalue weighted by molar-refractivity contribution is 6.34. The van der Waals surface area contributed by atoms with E-state index in [1.807, 2.05) is 0 Å². The lowest BCUT2D eigenvalue weighted by molar-refractivity contribution is -0.137. The van der Waals surface area contributed by atoms with Gasteiger partial charge in [0.15, 0.2) is 5.78 Å². The first-order chi connectivity index (χ1) is 9.77. The van der Waals surface area contributed by atoms with Crippen molar-refractivity contribution in [3.05, 3.63) is 64.2 Å². The van der Waals surface area contributed by atoms with Crippen LogP contribution in [0.3, 0.4) is 0 Å². The van der Waals surface area contributed by atoms with Crippen molar-refractivity contribution >= 4 is 23.1 Å². The average Bonchev–Trinajstić information content (AvgIpc) is 2.41. The first-order valence-electron chi connectivity index (χ1n) is 6.02. The smallest absolute Gasteiger partial charge is 0.399 e. The van der Waals surface area contributed by atoms with Crippen LogP contribution in [0.2, 0.25) is 5.02 Å². The van der Waals surface area contributed by atoms with Gasteiger partial charge in [-0.05, 0) is 35.9 Å². The maximum atomic E-state index is 12.4. The summed E-state index contributed by atoms with van der Waals surface area (Å²) >= 11 is 5.92. The van der Waals surface area contributed by atoms with Gasteiger partial charge in [0.05, 0.1) is 10.6 Å². The molecular weight excluding hydrogens is 303 g/mol. The number of rotatable bonds is 3. The van der Waals surface area contributed by atoms with Crippen molar-refractivity contribution in [3.63, 3.8) is 0 Å². The summed E-state index contributed by atoms with van der Waals surface area (Å²) in [4.78, 5) is 12.1. The molecule has 2 nitrogen and oxygen atoms in total. The molecule has 2 rings (SSSR count). The van der Waals surface area contributed by atoms with E-state index < -0.39 is 11.7 Å². The zero-order valence-electron chi connectivity index (χ0n) is 10.7. The molecule has 0 aliphatic rings. The van der Waals surface area contributed by atoms with Gasteiger partial charge in [0.25, 0.3) is 0 Å². The first kappa shape index (κ1) is 15.4. The van der Waals surface area contributed by atoms with E-state index >= 15 is 0 Å². The molecule has 0 spiro atoms. The van der Waals surface area contributed by atoms with Crippen molar-refractivity contribution in [2.75, 3.05) is 5.73 Å². The lowest BCUT2D eigenvalue weighted by atomic mass is 10.0. The molecule has 21 heavy (non-hydrogen) atoms. The quantitative estimate of drug-likeness (QED) is 0.675. The number of alkyl halides is 3. The standard InChI is InChI=1S/C15H11ClF3NO/c16-13-6-5-11(20)8-12(13)14(21)7-9-1-3-10(4-2-9)15(17,18)19/h1-6,8H,7,20H2. The molecule has 110 valence electrons. The fourth-order valence-corrected chi connectivity index (χ4v) is 2.07. The average molecular weight is 314 g/mol. The molecule has 0 aliphatic heterocycles. The van der Waals surface area contributed by atoms with Gasteiger partial charge in [0.1, 0.15) is 0 Å². The number of hydrogen-bond donors (Lipinski definition) is 1. The molecule has 2 aromatic rings. The van der Waals surface area contributed by atoms with Crippen LogP contribution in [0.25, 0.3) is 0 Å². The maximum absolute atomic E-state index is 12.4. The van der Waals surface area contributed by atoms with Crippen molar-refractivity contribution in [1.82, 2.24) is 0 Å². The highest BCUT2D eigenvalue weighted by atomic mass is 35.5. The summed E-state index contributed by atoms with van der Waals surface area (Å²) in [7, 11) is 0. The molecule has 0 amide bonds. The van der Waals surface area contributed by atoms with E-state index in [0.717, 1.165) is 12.1 Å². The molecule has 0 radical (unpaired) electrons. The summed E-state index contributed by atoms with van der Waals surface area (Å²) in [6.45, 7) is 0. The summed E-state index contributed by atoms with van der Waals surface area (Å²) in [6, 6.07) is 8.98. The predicted molar refractivity (Wildman–Crippen MR) is 75.3 cm³/mol. The number of halogens is 4. The van der Waals surface area contributed by atoms with Crippen LogP contribution in [0.15, 0.2) is 42.5 Å². The predicted octanol–water partition coefficient (Wildman–Crippen LogP) is 4.37. The van der Waals surface area contributed by atoms with Gasteiger partial charge >= 0.3 is 6.18 Å². The Balaban J connectivity index is 2.18. The lowest BCUT2D eigenvalue weighted by Crippen LogP contribution is -2.07. The molecule has 0 heterocycles. The lowest BCUT2D eigenvalue weighted by Gasteiger charge is -2.08. The highest BCUT2D eigenvalue weighted by Gasteiger charge is 2.30. The Morgan fingerprint density at radius 3 is 2.29 bits per heavy atom. The number of Topliss-reactive ketones (excluding diaryl/α,β-unsaturated/α-hetero) is 1. The van der Waals surface area contributed by atoms with Crippen LogP contribution in [0.5, 0.6) is 0 Å². The molecule has 6 heteroatoms. The van der Waals surface area contributed by atoms with Crippen molar-refractivity contribution < 1.29 is 18.0 Å². The van der Waals surface area contributed by atoms with Crippen LogP contribution >= 0.6 is 11.6 Å². The Bertz CT molecular complexity index is 666. The molecule has 0 atom stereocenters. The van der Waals surface area contributed by atoms with Crippen LogP contribution < -0.4 is 5.73 Å². The van der Waals surface area contributed by atoms with Gasteiger partial charge in [0.2, 0.25) is 0 Å². The van der Waals surface area contributed by atoms with Gasteiger partial charge in [-0.15, -0.1) is 0 Å². The van der Waals surface area contributed by atoms with Gasteiger partial charge in [-0.1, -0.05) is 23.7 Å². The van der Waals surface area contributed by atoms with Gasteiger partial charge in [-0.3, -0.25) is 4.79 Å². The zero-order valence-corrected chi connectivity index (χ0v) is 11.5. The van der Waals surface area contributed by atoms with Gasteiger partial charge in [-0.2, -0.15) is 13.2 Å². The highest BCUT2D eigenvalue weighted by Crippen LogP contribution is 2.29. The van der Waals surface area contributed by atoms with E-state index in [2.05, 4.69) is 0 Å². The van der Waals surface area contributed by atoms with Crippen LogP contribution in [-0.2, 0) is 12.6 Å². The van der Waals surface area contributed by atoms with Gasteiger partial charge in [-0.25, -0.2) is 0 Å². The minimum absolute atomic E-state index is 0.0404. The second kappa shape index (κ2) is 5.77. The van der Waals surface area contributed by atoms with Crippen molar-refractivity contribution in [3.8, 4) is 0 Å². The summed E-state index contributed by atoms with van der Waals surface area (Å²) in [5.41, 5.74) is 5.98.